The summed E-state index contributed by atoms with van der Waals surface area (Å²) in [6.45, 7) is 7.61. The second kappa shape index (κ2) is 13.8. The lowest BCUT2D eigenvalue weighted by molar-refractivity contribution is -0.146. The van der Waals surface area contributed by atoms with E-state index in [1.165, 1.54) is 0 Å². The first-order chi connectivity index (χ1) is 18.6. The van der Waals surface area contributed by atoms with Crippen molar-refractivity contribution in [3.8, 4) is 11.1 Å². The molecule has 0 aliphatic heterocycles. The Morgan fingerprint density at radius 3 is 2.08 bits per heavy atom. The second-order valence-electron chi connectivity index (χ2n) is 10.4. The summed E-state index contributed by atoms with van der Waals surface area (Å²) in [7, 11) is 0. The molecular weight excluding hydrogens is 500 g/mol. The van der Waals surface area contributed by atoms with E-state index in [0.29, 0.717) is 19.4 Å². The minimum atomic E-state index is -0.924. The van der Waals surface area contributed by atoms with Crippen molar-refractivity contribution in [2.45, 2.75) is 70.9 Å². The monoisotopic (exact) mass is 538 g/mol. The van der Waals surface area contributed by atoms with Crippen molar-refractivity contribution in [3.05, 3.63) is 59.7 Å². The fourth-order valence-corrected chi connectivity index (χ4v) is 4.55. The van der Waals surface area contributed by atoms with Crippen LogP contribution in [0.25, 0.3) is 11.1 Å². The average Bonchev–Trinajstić information content (AvgIpc) is 3.19. The molecular formula is C30H38N2O7. The highest BCUT2D eigenvalue weighted by molar-refractivity contribution is 5.99. The Bertz CT molecular complexity index is 1130. The maximum atomic E-state index is 12.8. The number of Topliss-reactive ketones (excluding diaryl/α,β-unsaturated/α-hetero) is 1. The summed E-state index contributed by atoms with van der Waals surface area (Å²) < 4.78 is 15.7. The smallest absolute Gasteiger partial charge is 0.407 e. The molecule has 0 aromatic heterocycles. The first kappa shape index (κ1) is 29.7. The molecule has 0 spiro atoms. The lowest BCUT2D eigenvalue weighted by Crippen LogP contribution is -2.42. The highest BCUT2D eigenvalue weighted by atomic mass is 16.6. The van der Waals surface area contributed by atoms with Crippen molar-refractivity contribution in [2.24, 2.45) is 0 Å². The van der Waals surface area contributed by atoms with Crippen LogP contribution in [0.1, 0.15) is 70.4 Å². The number of hydrogen-bond acceptors (Lipinski definition) is 7. The van der Waals surface area contributed by atoms with Crippen LogP contribution in [0.15, 0.2) is 48.5 Å². The third kappa shape index (κ3) is 8.84. The number of esters is 1. The fourth-order valence-electron chi connectivity index (χ4n) is 4.55. The van der Waals surface area contributed by atoms with E-state index >= 15 is 0 Å². The van der Waals surface area contributed by atoms with Gasteiger partial charge in [0, 0.05) is 12.5 Å². The van der Waals surface area contributed by atoms with Crippen LogP contribution < -0.4 is 10.6 Å². The molecule has 3 rings (SSSR count). The first-order valence-electron chi connectivity index (χ1n) is 13.4. The van der Waals surface area contributed by atoms with Crippen LogP contribution in [-0.2, 0) is 23.8 Å². The summed E-state index contributed by atoms with van der Waals surface area (Å²) in [5.41, 5.74) is 3.80. The van der Waals surface area contributed by atoms with Crippen molar-refractivity contribution in [1.29, 1.82) is 0 Å². The minimum absolute atomic E-state index is 0.110. The zero-order valence-electron chi connectivity index (χ0n) is 23.1. The molecule has 0 unspecified atom stereocenters. The summed E-state index contributed by atoms with van der Waals surface area (Å²) in [5, 5.41) is 5.30. The van der Waals surface area contributed by atoms with E-state index in [1.54, 1.807) is 27.7 Å². The van der Waals surface area contributed by atoms with Gasteiger partial charge in [0.15, 0.2) is 5.78 Å². The predicted octanol–water partition coefficient (Wildman–Crippen LogP) is 5.11. The lowest BCUT2D eigenvalue weighted by atomic mass is 9.98. The number of nitrogens with one attached hydrogen (secondary N) is 2. The number of rotatable bonds is 12. The Hall–Kier alpha value is -3.88. The Morgan fingerprint density at radius 2 is 1.49 bits per heavy atom. The summed E-state index contributed by atoms with van der Waals surface area (Å²) in [6, 6.07) is 15.1. The topological polar surface area (TPSA) is 120 Å². The number of alkyl carbamates (subject to hydrolysis) is 2. The number of carbonyl (C=O) groups excluding carboxylic acids is 4. The largest absolute Gasteiger partial charge is 0.466 e. The van der Waals surface area contributed by atoms with Gasteiger partial charge in [-0.25, -0.2) is 9.59 Å². The molecule has 0 saturated carbocycles. The van der Waals surface area contributed by atoms with Crippen LogP contribution in [0.3, 0.4) is 0 Å². The normalized spacial score (nSPS) is 13.0. The van der Waals surface area contributed by atoms with E-state index in [0.717, 1.165) is 22.3 Å². The Morgan fingerprint density at radius 1 is 0.872 bits per heavy atom. The van der Waals surface area contributed by atoms with E-state index in [2.05, 4.69) is 22.8 Å². The van der Waals surface area contributed by atoms with E-state index < -0.39 is 42.0 Å². The van der Waals surface area contributed by atoms with Crippen molar-refractivity contribution in [1.82, 2.24) is 10.6 Å². The molecule has 1 aliphatic carbocycles. The van der Waals surface area contributed by atoms with E-state index in [1.807, 2.05) is 36.4 Å². The Kier molecular flexibility index (Phi) is 10.5. The van der Waals surface area contributed by atoms with E-state index in [4.69, 9.17) is 14.2 Å². The molecule has 1 atom stereocenters. The molecule has 0 heterocycles. The number of benzene rings is 2. The van der Waals surface area contributed by atoms with Crippen molar-refractivity contribution < 1.29 is 33.4 Å². The highest BCUT2D eigenvalue weighted by Crippen LogP contribution is 2.44. The van der Waals surface area contributed by atoms with Crippen LogP contribution in [0, 0.1) is 0 Å². The highest BCUT2D eigenvalue weighted by Gasteiger charge is 2.30. The van der Waals surface area contributed by atoms with Crippen molar-refractivity contribution >= 4 is 23.9 Å². The maximum Gasteiger partial charge on any atom is 0.407 e. The van der Waals surface area contributed by atoms with Crippen LogP contribution in [-0.4, -0.2) is 55.3 Å². The number of carbonyl (C=O) groups is 4. The van der Waals surface area contributed by atoms with Gasteiger partial charge in [0.25, 0.3) is 0 Å². The SMILES string of the molecule is CCOC(=O)CC(=O)[C@H](CCCCNC(=O)OC(C)(C)C)NC(=O)OCC1c2ccccc2-c2ccccc21. The standard InChI is InChI=1S/C30H38N2O7/c1-5-37-27(34)18-26(33)25(16-10-11-17-31-28(35)39-30(2,3)4)32-29(36)38-19-24-22-14-8-6-12-20(22)21-13-7-9-15-23(21)24/h6-9,12-15,24-25H,5,10-11,16-19H2,1-4H3,(H,31,35)(H,32,36)/t25-/m0/s1. The Labute approximate surface area is 229 Å². The maximum absolute atomic E-state index is 12.8. The molecule has 0 bridgehead atoms. The zero-order chi connectivity index (χ0) is 28.4. The number of fused-ring (bicyclic) bond motifs is 3. The third-order valence-corrected chi connectivity index (χ3v) is 6.24. The first-order valence-corrected chi connectivity index (χ1v) is 13.4. The summed E-state index contributed by atoms with van der Waals surface area (Å²) in [4.78, 5) is 49.3. The van der Waals surface area contributed by atoms with E-state index in [-0.39, 0.29) is 25.6 Å². The molecule has 2 amide bonds. The summed E-state index contributed by atoms with van der Waals surface area (Å²) in [6.07, 6.45) is -0.357. The third-order valence-electron chi connectivity index (χ3n) is 6.24. The van der Waals surface area contributed by atoms with Gasteiger partial charge in [-0.2, -0.15) is 0 Å². The zero-order valence-corrected chi connectivity index (χ0v) is 23.1. The number of amides is 2. The van der Waals surface area contributed by atoms with Gasteiger partial charge in [-0.3, -0.25) is 9.59 Å². The van der Waals surface area contributed by atoms with Gasteiger partial charge >= 0.3 is 18.2 Å². The van der Waals surface area contributed by atoms with Crippen molar-refractivity contribution in [2.75, 3.05) is 19.8 Å². The Balaban J connectivity index is 1.56. The minimum Gasteiger partial charge on any atom is -0.466 e. The molecule has 1 aliphatic rings. The van der Waals surface area contributed by atoms with Gasteiger partial charge < -0.3 is 24.8 Å². The molecule has 210 valence electrons. The van der Waals surface area contributed by atoms with Gasteiger partial charge in [-0.15, -0.1) is 0 Å². The van der Waals surface area contributed by atoms with Gasteiger partial charge in [0.05, 0.1) is 12.6 Å². The van der Waals surface area contributed by atoms with E-state index in [9.17, 15) is 19.2 Å². The second-order valence-corrected chi connectivity index (χ2v) is 10.4. The van der Waals surface area contributed by atoms with Gasteiger partial charge in [0.1, 0.15) is 18.6 Å². The van der Waals surface area contributed by atoms with Gasteiger partial charge in [0.2, 0.25) is 0 Å². The fraction of sp³-hybridized carbons (Fsp3) is 0.467. The molecule has 9 heteroatoms. The van der Waals surface area contributed by atoms with Crippen LogP contribution in [0.5, 0.6) is 0 Å². The number of ketones is 1. The van der Waals surface area contributed by atoms with Crippen LogP contribution in [0.4, 0.5) is 9.59 Å². The van der Waals surface area contributed by atoms with Gasteiger partial charge in [-0.05, 0) is 69.2 Å². The van der Waals surface area contributed by atoms with Crippen molar-refractivity contribution in [3.63, 3.8) is 0 Å². The summed E-state index contributed by atoms with van der Waals surface area (Å²) in [5.74, 6) is -1.22. The van der Waals surface area contributed by atoms with Crippen LogP contribution in [0.2, 0.25) is 0 Å². The number of ether oxygens (including phenoxy) is 3. The quantitative estimate of drug-likeness (QED) is 0.167. The molecule has 2 aromatic carbocycles. The molecule has 0 saturated heterocycles. The molecule has 2 N–H and O–H groups in total. The number of hydrogen-bond donors (Lipinski definition) is 2. The predicted molar refractivity (Wildman–Crippen MR) is 146 cm³/mol. The number of unbranched alkanes of at least 4 members (excludes halogenated alkanes) is 1. The molecule has 9 nitrogen and oxygen atoms in total. The molecule has 2 aromatic rings. The van der Waals surface area contributed by atoms with Gasteiger partial charge in [-0.1, -0.05) is 48.5 Å². The van der Waals surface area contributed by atoms with Crippen LogP contribution >= 0.6 is 0 Å². The molecule has 39 heavy (non-hydrogen) atoms. The molecule has 0 fully saturated rings. The summed E-state index contributed by atoms with van der Waals surface area (Å²) >= 11 is 0. The average molecular weight is 539 g/mol. The lowest BCUT2D eigenvalue weighted by Gasteiger charge is -2.20. The molecule has 0 radical (unpaired) electrons.